The van der Waals surface area contributed by atoms with Crippen molar-refractivity contribution >= 4 is 12.4 Å². The predicted octanol–water partition coefficient (Wildman–Crippen LogP) is 5.03. The SMILES string of the molecule is CC(C)C=NC[C@@]1(C)C[C@@H](N=CC(C)C)CC(C)(C)C1. The molecule has 1 rings (SSSR count). The summed E-state index contributed by atoms with van der Waals surface area (Å²) in [5.74, 6) is 1.09. The smallest absolute Gasteiger partial charge is 0.0506 e. The first kappa shape index (κ1) is 17.4. The van der Waals surface area contributed by atoms with Gasteiger partial charge in [-0.15, -0.1) is 0 Å². The lowest BCUT2D eigenvalue weighted by atomic mass is 9.63. The molecular formula is C18H34N2. The van der Waals surface area contributed by atoms with Crippen molar-refractivity contribution in [1.29, 1.82) is 0 Å². The summed E-state index contributed by atoms with van der Waals surface area (Å²) in [7, 11) is 0. The number of aliphatic imine (C=N–C) groups is 2. The van der Waals surface area contributed by atoms with Crippen LogP contribution in [0.1, 0.15) is 67.7 Å². The van der Waals surface area contributed by atoms with Crippen LogP contribution in [0.2, 0.25) is 0 Å². The third-order valence-electron chi connectivity index (χ3n) is 3.89. The summed E-state index contributed by atoms with van der Waals surface area (Å²) in [6.07, 6.45) is 7.86. The van der Waals surface area contributed by atoms with Gasteiger partial charge in [0, 0.05) is 19.0 Å². The normalized spacial score (nSPS) is 30.9. The van der Waals surface area contributed by atoms with Gasteiger partial charge in [0.2, 0.25) is 0 Å². The van der Waals surface area contributed by atoms with Crippen LogP contribution < -0.4 is 0 Å². The molecule has 2 atom stereocenters. The molecule has 0 aromatic rings. The standard InChI is InChI=1S/C18H34N2/c1-14(2)10-19-13-18(7)9-16(20-11-15(3)4)8-17(5,6)12-18/h10-11,14-16H,8-9,12-13H2,1-7H3/t16-,18-/m0/s1. The maximum atomic E-state index is 4.84. The van der Waals surface area contributed by atoms with E-state index in [2.05, 4.69) is 65.9 Å². The Bertz CT molecular complexity index is 352. The van der Waals surface area contributed by atoms with Crippen molar-refractivity contribution in [2.45, 2.75) is 73.8 Å². The maximum Gasteiger partial charge on any atom is 0.0506 e. The minimum atomic E-state index is 0.298. The monoisotopic (exact) mass is 278 g/mol. The molecule has 2 nitrogen and oxygen atoms in total. The fourth-order valence-electron chi connectivity index (χ4n) is 3.58. The molecule has 20 heavy (non-hydrogen) atoms. The van der Waals surface area contributed by atoms with E-state index in [9.17, 15) is 0 Å². The van der Waals surface area contributed by atoms with Gasteiger partial charge in [0.05, 0.1) is 6.04 Å². The van der Waals surface area contributed by atoms with Crippen LogP contribution in [0, 0.1) is 22.7 Å². The molecule has 1 saturated carbocycles. The highest BCUT2D eigenvalue weighted by Crippen LogP contribution is 2.47. The molecule has 0 aromatic carbocycles. The third kappa shape index (κ3) is 6.19. The average molecular weight is 278 g/mol. The number of hydrogen-bond donors (Lipinski definition) is 0. The molecule has 2 heteroatoms. The summed E-state index contributed by atoms with van der Waals surface area (Å²) in [6, 6.07) is 0.473. The van der Waals surface area contributed by atoms with Crippen molar-refractivity contribution in [3.63, 3.8) is 0 Å². The van der Waals surface area contributed by atoms with Gasteiger partial charge in [-0.2, -0.15) is 0 Å². The summed E-state index contributed by atoms with van der Waals surface area (Å²) in [6.45, 7) is 16.9. The van der Waals surface area contributed by atoms with Crippen LogP contribution in [0.15, 0.2) is 9.98 Å². The van der Waals surface area contributed by atoms with Crippen LogP contribution in [0.5, 0.6) is 0 Å². The van der Waals surface area contributed by atoms with E-state index in [4.69, 9.17) is 4.99 Å². The Morgan fingerprint density at radius 2 is 1.60 bits per heavy atom. The van der Waals surface area contributed by atoms with E-state index in [1.807, 2.05) is 0 Å². The van der Waals surface area contributed by atoms with Crippen LogP contribution in [0.25, 0.3) is 0 Å². The number of hydrogen-bond acceptors (Lipinski definition) is 2. The van der Waals surface area contributed by atoms with Gasteiger partial charge >= 0.3 is 0 Å². The molecule has 0 aromatic heterocycles. The Kier molecular flexibility index (Phi) is 5.97. The summed E-state index contributed by atoms with van der Waals surface area (Å²) < 4.78 is 0. The van der Waals surface area contributed by atoms with Crippen LogP contribution in [-0.2, 0) is 0 Å². The zero-order valence-electron chi connectivity index (χ0n) is 14.6. The zero-order chi connectivity index (χ0) is 15.4. The van der Waals surface area contributed by atoms with Gasteiger partial charge in [-0.1, -0.05) is 48.5 Å². The molecule has 0 saturated heterocycles. The van der Waals surface area contributed by atoms with E-state index in [0.717, 1.165) is 6.54 Å². The molecule has 0 spiro atoms. The topological polar surface area (TPSA) is 24.7 Å². The van der Waals surface area contributed by atoms with Gasteiger partial charge in [-0.3, -0.25) is 9.98 Å². The van der Waals surface area contributed by atoms with E-state index in [1.165, 1.54) is 19.3 Å². The van der Waals surface area contributed by atoms with E-state index in [-0.39, 0.29) is 0 Å². The lowest BCUT2D eigenvalue weighted by Gasteiger charge is -2.45. The number of rotatable bonds is 5. The lowest BCUT2D eigenvalue weighted by Crippen LogP contribution is -2.39. The van der Waals surface area contributed by atoms with Crippen LogP contribution in [-0.4, -0.2) is 25.0 Å². The van der Waals surface area contributed by atoms with Crippen molar-refractivity contribution in [1.82, 2.24) is 0 Å². The molecule has 1 aliphatic carbocycles. The first-order valence-electron chi connectivity index (χ1n) is 8.15. The largest absolute Gasteiger partial charge is 0.297 e. The molecule has 0 aliphatic heterocycles. The quantitative estimate of drug-likeness (QED) is 0.630. The Balaban J connectivity index is 2.75. The number of nitrogens with zero attached hydrogens (tertiary/aromatic N) is 2. The highest BCUT2D eigenvalue weighted by Gasteiger charge is 2.40. The van der Waals surface area contributed by atoms with Gasteiger partial charge < -0.3 is 0 Å². The van der Waals surface area contributed by atoms with Gasteiger partial charge in [-0.05, 0) is 41.9 Å². The Morgan fingerprint density at radius 1 is 1.00 bits per heavy atom. The molecule has 0 heterocycles. The van der Waals surface area contributed by atoms with Gasteiger partial charge in [0.15, 0.2) is 0 Å². The van der Waals surface area contributed by atoms with Crippen LogP contribution >= 0.6 is 0 Å². The second-order valence-corrected chi connectivity index (χ2v) is 8.49. The molecule has 0 unspecified atom stereocenters. The highest BCUT2D eigenvalue weighted by atomic mass is 14.8. The predicted molar refractivity (Wildman–Crippen MR) is 91.1 cm³/mol. The van der Waals surface area contributed by atoms with Crippen molar-refractivity contribution in [2.24, 2.45) is 32.7 Å². The third-order valence-corrected chi connectivity index (χ3v) is 3.89. The van der Waals surface area contributed by atoms with E-state index >= 15 is 0 Å². The Labute approximate surface area is 126 Å². The molecule has 0 amide bonds. The van der Waals surface area contributed by atoms with Crippen LogP contribution in [0.4, 0.5) is 0 Å². The van der Waals surface area contributed by atoms with Crippen molar-refractivity contribution in [3.8, 4) is 0 Å². The minimum Gasteiger partial charge on any atom is -0.297 e. The Hall–Kier alpha value is -0.660. The second-order valence-electron chi connectivity index (χ2n) is 8.49. The fraction of sp³-hybridized carbons (Fsp3) is 0.889. The van der Waals surface area contributed by atoms with Crippen molar-refractivity contribution in [2.75, 3.05) is 6.54 Å². The van der Waals surface area contributed by atoms with E-state index < -0.39 is 0 Å². The van der Waals surface area contributed by atoms with Gasteiger partial charge in [-0.25, -0.2) is 0 Å². The zero-order valence-corrected chi connectivity index (χ0v) is 14.6. The first-order chi connectivity index (χ1) is 9.12. The van der Waals surface area contributed by atoms with Gasteiger partial charge in [0.1, 0.15) is 0 Å². The maximum absolute atomic E-state index is 4.84. The highest BCUT2D eigenvalue weighted by molar-refractivity contribution is 5.60. The van der Waals surface area contributed by atoms with E-state index in [0.29, 0.717) is 28.7 Å². The van der Waals surface area contributed by atoms with Crippen molar-refractivity contribution < 1.29 is 0 Å². The Morgan fingerprint density at radius 3 is 2.15 bits per heavy atom. The molecule has 0 N–H and O–H groups in total. The minimum absolute atomic E-state index is 0.298. The molecular weight excluding hydrogens is 244 g/mol. The lowest BCUT2D eigenvalue weighted by molar-refractivity contribution is 0.0916. The molecule has 116 valence electrons. The summed E-state index contributed by atoms with van der Waals surface area (Å²) in [5, 5.41) is 0. The fourth-order valence-corrected chi connectivity index (χ4v) is 3.58. The van der Waals surface area contributed by atoms with Crippen molar-refractivity contribution in [3.05, 3.63) is 0 Å². The summed E-state index contributed by atoms with van der Waals surface area (Å²) in [4.78, 5) is 9.52. The van der Waals surface area contributed by atoms with Crippen LogP contribution in [0.3, 0.4) is 0 Å². The van der Waals surface area contributed by atoms with Gasteiger partial charge in [0.25, 0.3) is 0 Å². The average Bonchev–Trinajstić information content (AvgIpc) is 2.22. The first-order valence-corrected chi connectivity index (χ1v) is 8.15. The molecule has 1 fully saturated rings. The molecule has 1 aliphatic rings. The van der Waals surface area contributed by atoms with E-state index in [1.54, 1.807) is 0 Å². The molecule has 0 radical (unpaired) electrons. The summed E-state index contributed by atoms with van der Waals surface area (Å²) >= 11 is 0. The summed E-state index contributed by atoms with van der Waals surface area (Å²) in [5.41, 5.74) is 0.672. The second kappa shape index (κ2) is 6.87. The molecule has 0 bridgehead atoms.